The number of carbonyl (C=O) groups is 1. The first-order chi connectivity index (χ1) is 8.52. The van der Waals surface area contributed by atoms with E-state index < -0.39 is 0 Å². The third-order valence-electron chi connectivity index (χ3n) is 2.54. The number of amides is 2. The maximum Gasteiger partial charge on any atom is 0.319 e. The molecule has 1 aromatic rings. The number of carbonyl (C=O) groups excluding carboxylic acids is 1. The third kappa shape index (κ3) is 4.71. The first kappa shape index (κ1) is 14.4. The third-order valence-corrected chi connectivity index (χ3v) is 2.82. The zero-order valence-corrected chi connectivity index (χ0v) is 11.5. The molecule has 2 amide bonds. The Morgan fingerprint density at radius 2 is 2.00 bits per heavy atom. The van der Waals surface area contributed by atoms with Crippen LogP contribution in [0.25, 0.3) is 0 Å². The number of thiocarbonyl (C=S) groups is 1. The molecule has 0 saturated heterocycles. The number of urea groups is 1. The lowest BCUT2D eigenvalue weighted by Gasteiger charge is -2.17. The number of benzene rings is 1. The molecular formula is C13H19N3OS. The Morgan fingerprint density at radius 3 is 2.50 bits per heavy atom. The van der Waals surface area contributed by atoms with Crippen LogP contribution in [0.4, 0.5) is 10.5 Å². The van der Waals surface area contributed by atoms with E-state index in [0.717, 1.165) is 24.1 Å². The minimum atomic E-state index is -0.287. The number of hydrogen-bond acceptors (Lipinski definition) is 2. The highest BCUT2D eigenvalue weighted by atomic mass is 32.1. The van der Waals surface area contributed by atoms with Gasteiger partial charge in [0.25, 0.3) is 0 Å². The first-order valence-electron chi connectivity index (χ1n) is 5.96. The van der Waals surface area contributed by atoms with E-state index in [4.69, 9.17) is 18.0 Å². The maximum absolute atomic E-state index is 11.7. The molecule has 1 unspecified atom stereocenters. The van der Waals surface area contributed by atoms with Gasteiger partial charge in [-0.1, -0.05) is 43.3 Å². The maximum atomic E-state index is 11.7. The molecule has 0 heterocycles. The van der Waals surface area contributed by atoms with Gasteiger partial charge in [0.1, 0.15) is 0 Å². The molecule has 0 spiro atoms. The Bertz CT molecular complexity index is 417. The minimum absolute atomic E-state index is 0.254. The van der Waals surface area contributed by atoms with Gasteiger partial charge in [-0.15, -0.1) is 0 Å². The molecule has 0 saturated carbocycles. The summed E-state index contributed by atoms with van der Waals surface area (Å²) in [5.74, 6) is 0. The van der Waals surface area contributed by atoms with E-state index in [0.29, 0.717) is 4.99 Å². The summed E-state index contributed by atoms with van der Waals surface area (Å²) in [6, 6.07) is 7.04. The normalized spacial score (nSPS) is 11.7. The Kier molecular flexibility index (Phi) is 5.58. The van der Waals surface area contributed by atoms with Crippen molar-refractivity contribution in [2.24, 2.45) is 5.73 Å². The Hall–Kier alpha value is -1.62. The number of nitrogens with one attached hydrogen (secondary N) is 2. The molecule has 0 fully saturated rings. The summed E-state index contributed by atoms with van der Waals surface area (Å²) in [5, 5.41) is 5.51. The quantitative estimate of drug-likeness (QED) is 0.717. The van der Waals surface area contributed by atoms with E-state index in [1.165, 1.54) is 0 Å². The molecule has 0 aliphatic rings. The molecule has 5 heteroatoms. The highest BCUT2D eigenvalue weighted by Crippen LogP contribution is 2.08. The van der Waals surface area contributed by atoms with E-state index >= 15 is 0 Å². The largest absolute Gasteiger partial charge is 0.392 e. The van der Waals surface area contributed by atoms with E-state index in [2.05, 4.69) is 10.6 Å². The van der Waals surface area contributed by atoms with Crippen molar-refractivity contribution in [1.29, 1.82) is 0 Å². The van der Waals surface area contributed by atoms with Gasteiger partial charge < -0.3 is 16.4 Å². The number of nitrogens with two attached hydrogens (primary N) is 1. The van der Waals surface area contributed by atoms with Gasteiger partial charge in [0.15, 0.2) is 0 Å². The fraction of sp³-hybridized carbons (Fsp3) is 0.385. The van der Waals surface area contributed by atoms with Crippen molar-refractivity contribution in [1.82, 2.24) is 5.32 Å². The van der Waals surface area contributed by atoms with Crippen molar-refractivity contribution >= 4 is 28.9 Å². The lowest BCUT2D eigenvalue weighted by Crippen LogP contribution is -2.45. The SMILES string of the molecule is CCCC(NC(=O)Nc1ccc(C)cc1)C(N)=S. The lowest BCUT2D eigenvalue weighted by atomic mass is 10.2. The van der Waals surface area contributed by atoms with Crippen molar-refractivity contribution in [2.75, 3.05) is 5.32 Å². The van der Waals surface area contributed by atoms with Crippen LogP contribution in [0.3, 0.4) is 0 Å². The van der Waals surface area contributed by atoms with Crippen molar-refractivity contribution in [3.05, 3.63) is 29.8 Å². The van der Waals surface area contributed by atoms with Crippen molar-refractivity contribution in [2.45, 2.75) is 32.7 Å². The fourth-order valence-electron chi connectivity index (χ4n) is 1.54. The van der Waals surface area contributed by atoms with Crippen LogP contribution in [0, 0.1) is 6.92 Å². The van der Waals surface area contributed by atoms with E-state index in [-0.39, 0.29) is 12.1 Å². The topological polar surface area (TPSA) is 67.2 Å². The molecule has 1 atom stereocenters. The molecule has 98 valence electrons. The van der Waals surface area contributed by atoms with Crippen LogP contribution in [0.1, 0.15) is 25.3 Å². The van der Waals surface area contributed by atoms with E-state index in [9.17, 15) is 4.79 Å². The fourth-order valence-corrected chi connectivity index (χ4v) is 1.71. The summed E-state index contributed by atoms with van der Waals surface area (Å²) in [7, 11) is 0. The van der Waals surface area contributed by atoms with Crippen LogP contribution in [0.2, 0.25) is 0 Å². The molecule has 4 N–H and O–H groups in total. The summed E-state index contributed by atoms with van der Waals surface area (Å²) in [5.41, 5.74) is 7.47. The molecule has 1 aromatic carbocycles. The minimum Gasteiger partial charge on any atom is -0.392 e. The number of aryl methyl sites for hydroxylation is 1. The predicted octanol–water partition coefficient (Wildman–Crippen LogP) is 2.57. The summed E-state index contributed by atoms with van der Waals surface area (Å²) in [6.45, 7) is 4.01. The zero-order valence-electron chi connectivity index (χ0n) is 10.7. The predicted molar refractivity (Wildman–Crippen MR) is 78.8 cm³/mol. The summed E-state index contributed by atoms with van der Waals surface area (Å²) < 4.78 is 0. The van der Waals surface area contributed by atoms with Crippen LogP contribution in [0.5, 0.6) is 0 Å². The molecule has 0 radical (unpaired) electrons. The Labute approximate surface area is 113 Å². The molecule has 18 heavy (non-hydrogen) atoms. The van der Waals surface area contributed by atoms with E-state index in [1.807, 2.05) is 38.1 Å². The smallest absolute Gasteiger partial charge is 0.319 e. The van der Waals surface area contributed by atoms with Crippen molar-refractivity contribution in [3.63, 3.8) is 0 Å². The summed E-state index contributed by atoms with van der Waals surface area (Å²) in [4.78, 5) is 12.1. The highest BCUT2D eigenvalue weighted by molar-refractivity contribution is 7.80. The second-order valence-corrected chi connectivity index (χ2v) is 4.68. The van der Waals surface area contributed by atoms with Crippen LogP contribution in [-0.2, 0) is 0 Å². The van der Waals surface area contributed by atoms with Crippen LogP contribution >= 0.6 is 12.2 Å². The molecule has 0 aromatic heterocycles. The van der Waals surface area contributed by atoms with Gasteiger partial charge in [-0.3, -0.25) is 0 Å². The summed E-state index contributed by atoms with van der Waals surface area (Å²) in [6.07, 6.45) is 1.66. The van der Waals surface area contributed by atoms with Gasteiger partial charge in [-0.25, -0.2) is 4.79 Å². The molecular weight excluding hydrogens is 246 g/mol. The Balaban J connectivity index is 2.54. The Morgan fingerprint density at radius 1 is 1.39 bits per heavy atom. The summed E-state index contributed by atoms with van der Waals surface area (Å²) >= 11 is 4.92. The van der Waals surface area contributed by atoms with Crippen molar-refractivity contribution < 1.29 is 4.79 Å². The van der Waals surface area contributed by atoms with Crippen molar-refractivity contribution in [3.8, 4) is 0 Å². The second-order valence-electron chi connectivity index (χ2n) is 4.21. The molecule has 1 rings (SSSR count). The average molecular weight is 265 g/mol. The van der Waals surface area contributed by atoms with Crippen LogP contribution < -0.4 is 16.4 Å². The number of hydrogen-bond donors (Lipinski definition) is 3. The molecule has 0 aliphatic heterocycles. The number of rotatable bonds is 5. The van der Waals surface area contributed by atoms with Gasteiger partial charge in [0, 0.05) is 5.69 Å². The molecule has 0 aliphatic carbocycles. The monoisotopic (exact) mass is 265 g/mol. The van der Waals surface area contributed by atoms with Gasteiger partial charge in [0.05, 0.1) is 11.0 Å². The molecule has 4 nitrogen and oxygen atoms in total. The van der Waals surface area contributed by atoms with Crippen LogP contribution in [-0.4, -0.2) is 17.1 Å². The standard InChI is InChI=1S/C13H19N3OS/c1-3-4-11(12(14)18)16-13(17)15-10-7-5-9(2)6-8-10/h5-8,11H,3-4H2,1-2H3,(H2,14,18)(H2,15,16,17). The zero-order chi connectivity index (χ0) is 13.5. The first-order valence-corrected chi connectivity index (χ1v) is 6.37. The molecule has 0 bridgehead atoms. The lowest BCUT2D eigenvalue weighted by molar-refractivity contribution is 0.250. The number of anilines is 1. The van der Waals surface area contributed by atoms with Gasteiger partial charge in [0.2, 0.25) is 0 Å². The van der Waals surface area contributed by atoms with Gasteiger partial charge in [-0.05, 0) is 25.5 Å². The highest BCUT2D eigenvalue weighted by Gasteiger charge is 2.13. The van der Waals surface area contributed by atoms with Gasteiger partial charge in [-0.2, -0.15) is 0 Å². The average Bonchev–Trinajstić information content (AvgIpc) is 2.31. The second kappa shape index (κ2) is 6.96. The van der Waals surface area contributed by atoms with Gasteiger partial charge >= 0.3 is 6.03 Å². The van der Waals surface area contributed by atoms with Crippen LogP contribution in [0.15, 0.2) is 24.3 Å². The van der Waals surface area contributed by atoms with E-state index in [1.54, 1.807) is 0 Å².